The fourth-order valence-corrected chi connectivity index (χ4v) is 3.71. The van der Waals surface area contributed by atoms with Crippen LogP contribution in [0.15, 0.2) is 52.5 Å². The molecule has 0 aromatic heterocycles. The van der Waals surface area contributed by atoms with Crippen molar-refractivity contribution in [1.29, 1.82) is 0 Å². The number of nitrogens with zero attached hydrogens (tertiary/aromatic N) is 1. The molecule has 0 radical (unpaired) electrons. The SMILES string of the molecule is COC(=O)/C1=C/c2cc(Br)ccc2N(Cc2ccc(OC)cc2)CCCC1. The number of hydrogen-bond acceptors (Lipinski definition) is 4. The largest absolute Gasteiger partial charge is 0.497 e. The lowest BCUT2D eigenvalue weighted by molar-refractivity contribution is -0.136. The van der Waals surface area contributed by atoms with Crippen LogP contribution in [0.2, 0.25) is 0 Å². The van der Waals surface area contributed by atoms with E-state index < -0.39 is 0 Å². The van der Waals surface area contributed by atoms with Crippen LogP contribution in [0.25, 0.3) is 6.08 Å². The van der Waals surface area contributed by atoms with Crippen molar-refractivity contribution in [2.45, 2.75) is 25.8 Å². The molecule has 0 amide bonds. The van der Waals surface area contributed by atoms with Gasteiger partial charge in [0.05, 0.1) is 14.2 Å². The Labute approximate surface area is 168 Å². The van der Waals surface area contributed by atoms with Gasteiger partial charge in [-0.15, -0.1) is 0 Å². The minimum absolute atomic E-state index is 0.246. The van der Waals surface area contributed by atoms with Crippen LogP contribution in [-0.2, 0) is 16.1 Å². The third-order valence-electron chi connectivity index (χ3n) is 4.76. The first kappa shape index (κ1) is 19.5. The van der Waals surface area contributed by atoms with Gasteiger partial charge in [-0.25, -0.2) is 4.79 Å². The molecule has 1 aliphatic rings. The highest BCUT2D eigenvalue weighted by atomic mass is 79.9. The van der Waals surface area contributed by atoms with Crippen molar-refractivity contribution in [1.82, 2.24) is 0 Å². The van der Waals surface area contributed by atoms with Crippen molar-refractivity contribution >= 4 is 33.7 Å². The van der Waals surface area contributed by atoms with Crippen molar-refractivity contribution in [2.24, 2.45) is 0 Å². The van der Waals surface area contributed by atoms with E-state index in [1.54, 1.807) is 7.11 Å². The van der Waals surface area contributed by atoms with Crippen molar-refractivity contribution in [2.75, 3.05) is 25.7 Å². The average molecular weight is 430 g/mol. The predicted molar refractivity (Wildman–Crippen MR) is 112 cm³/mol. The van der Waals surface area contributed by atoms with E-state index >= 15 is 0 Å². The van der Waals surface area contributed by atoms with Gasteiger partial charge in [-0.05, 0) is 66.8 Å². The number of fused-ring (bicyclic) bond motifs is 1. The van der Waals surface area contributed by atoms with Crippen LogP contribution in [0, 0.1) is 0 Å². The molecule has 2 aromatic rings. The molecule has 5 heteroatoms. The van der Waals surface area contributed by atoms with Gasteiger partial charge in [0.25, 0.3) is 0 Å². The first-order valence-corrected chi connectivity index (χ1v) is 9.86. The predicted octanol–water partition coefficient (Wildman–Crippen LogP) is 5.20. The minimum atomic E-state index is -0.246. The molecule has 27 heavy (non-hydrogen) atoms. The Hall–Kier alpha value is -2.27. The zero-order valence-electron chi connectivity index (χ0n) is 15.7. The summed E-state index contributed by atoms with van der Waals surface area (Å²) in [6, 6.07) is 14.4. The Bertz CT molecular complexity index is 830. The average Bonchev–Trinajstić information content (AvgIpc) is 2.77. The molecule has 0 atom stereocenters. The first-order valence-electron chi connectivity index (χ1n) is 9.07. The van der Waals surface area contributed by atoms with Crippen molar-refractivity contribution in [3.8, 4) is 5.75 Å². The van der Waals surface area contributed by atoms with Crippen LogP contribution in [0.1, 0.15) is 30.4 Å². The topological polar surface area (TPSA) is 38.8 Å². The number of halogens is 1. The van der Waals surface area contributed by atoms with Crippen molar-refractivity contribution < 1.29 is 14.3 Å². The molecule has 0 saturated heterocycles. The summed E-state index contributed by atoms with van der Waals surface area (Å²) in [6.45, 7) is 1.74. The Morgan fingerprint density at radius 3 is 2.59 bits per heavy atom. The van der Waals surface area contributed by atoms with Gasteiger partial charge in [0.2, 0.25) is 0 Å². The highest BCUT2D eigenvalue weighted by molar-refractivity contribution is 9.10. The molecule has 1 heterocycles. The number of carbonyl (C=O) groups is 1. The van der Waals surface area contributed by atoms with Gasteiger partial charge in [-0.2, -0.15) is 0 Å². The number of carbonyl (C=O) groups excluding carboxylic acids is 1. The molecule has 3 rings (SSSR count). The second-order valence-corrected chi connectivity index (χ2v) is 7.51. The maximum Gasteiger partial charge on any atom is 0.333 e. The van der Waals surface area contributed by atoms with Gasteiger partial charge in [0.15, 0.2) is 0 Å². The minimum Gasteiger partial charge on any atom is -0.497 e. The second-order valence-electron chi connectivity index (χ2n) is 6.59. The van der Waals surface area contributed by atoms with Crippen LogP contribution in [0.4, 0.5) is 5.69 Å². The molecule has 0 spiro atoms. The summed E-state index contributed by atoms with van der Waals surface area (Å²) in [7, 11) is 3.11. The number of methoxy groups -OCH3 is 2. The fourth-order valence-electron chi connectivity index (χ4n) is 3.34. The molecule has 0 aliphatic carbocycles. The quantitative estimate of drug-likeness (QED) is 0.625. The van der Waals surface area contributed by atoms with E-state index in [2.05, 4.69) is 45.1 Å². The molecule has 0 unspecified atom stereocenters. The smallest absolute Gasteiger partial charge is 0.333 e. The zero-order valence-corrected chi connectivity index (χ0v) is 17.3. The number of anilines is 1. The van der Waals surface area contributed by atoms with Gasteiger partial charge in [-0.1, -0.05) is 28.1 Å². The maximum atomic E-state index is 12.1. The molecule has 0 fully saturated rings. The monoisotopic (exact) mass is 429 g/mol. The van der Waals surface area contributed by atoms with Crippen LogP contribution in [0.3, 0.4) is 0 Å². The van der Waals surface area contributed by atoms with Crippen LogP contribution >= 0.6 is 15.9 Å². The van der Waals surface area contributed by atoms with Crippen LogP contribution < -0.4 is 9.64 Å². The Kier molecular flexibility index (Phi) is 6.56. The molecule has 0 N–H and O–H groups in total. The number of benzene rings is 2. The molecule has 4 nitrogen and oxygen atoms in total. The lowest BCUT2D eigenvalue weighted by Gasteiger charge is -2.26. The highest BCUT2D eigenvalue weighted by Gasteiger charge is 2.17. The van der Waals surface area contributed by atoms with E-state index in [4.69, 9.17) is 9.47 Å². The summed E-state index contributed by atoms with van der Waals surface area (Å²) >= 11 is 3.55. The summed E-state index contributed by atoms with van der Waals surface area (Å²) in [4.78, 5) is 14.5. The summed E-state index contributed by atoms with van der Waals surface area (Å²) in [5.74, 6) is 0.614. The number of esters is 1. The Morgan fingerprint density at radius 1 is 1.11 bits per heavy atom. The van der Waals surface area contributed by atoms with Gasteiger partial charge in [0, 0.05) is 28.8 Å². The summed E-state index contributed by atoms with van der Waals surface area (Å²) in [5.41, 5.74) is 4.10. The summed E-state index contributed by atoms with van der Waals surface area (Å²) < 4.78 is 11.2. The molecule has 0 bridgehead atoms. The van der Waals surface area contributed by atoms with Gasteiger partial charge >= 0.3 is 5.97 Å². The van der Waals surface area contributed by atoms with E-state index in [0.717, 1.165) is 59.4 Å². The Balaban J connectivity index is 1.96. The normalized spacial score (nSPS) is 16.3. The van der Waals surface area contributed by atoms with E-state index in [1.165, 1.54) is 12.7 Å². The maximum absolute atomic E-state index is 12.1. The molecule has 1 aliphatic heterocycles. The fraction of sp³-hybridized carbons (Fsp3) is 0.318. The molecule has 2 aromatic carbocycles. The van der Waals surface area contributed by atoms with E-state index in [9.17, 15) is 4.79 Å². The summed E-state index contributed by atoms with van der Waals surface area (Å²) in [5, 5.41) is 0. The van der Waals surface area contributed by atoms with Gasteiger partial charge in [0.1, 0.15) is 5.75 Å². The van der Waals surface area contributed by atoms with Crippen molar-refractivity contribution in [3.05, 3.63) is 63.6 Å². The zero-order chi connectivity index (χ0) is 19.2. The van der Waals surface area contributed by atoms with E-state index in [-0.39, 0.29) is 5.97 Å². The van der Waals surface area contributed by atoms with Crippen LogP contribution in [0.5, 0.6) is 5.75 Å². The standard InChI is InChI=1S/C22H24BrNO3/c1-26-20-9-6-16(7-10-20)15-24-12-4-3-5-17(22(25)27-2)13-18-14-19(23)8-11-21(18)24/h6-11,13-14H,3-5,12,15H2,1-2H3/b17-13+. The molecular formula is C22H24BrNO3. The third kappa shape index (κ3) is 4.92. The number of ether oxygens (including phenoxy) is 2. The van der Waals surface area contributed by atoms with E-state index in [0.29, 0.717) is 0 Å². The summed E-state index contributed by atoms with van der Waals surface area (Å²) in [6.07, 6.45) is 4.67. The first-order chi connectivity index (χ1) is 13.1. The molecule has 0 saturated carbocycles. The highest BCUT2D eigenvalue weighted by Crippen LogP contribution is 2.31. The lowest BCUT2D eigenvalue weighted by atomic mass is 10.0. The van der Waals surface area contributed by atoms with Crippen molar-refractivity contribution in [3.63, 3.8) is 0 Å². The van der Waals surface area contributed by atoms with Crippen LogP contribution in [-0.4, -0.2) is 26.7 Å². The Morgan fingerprint density at radius 2 is 1.89 bits per heavy atom. The molecule has 142 valence electrons. The number of hydrogen-bond donors (Lipinski definition) is 0. The number of rotatable bonds is 4. The van der Waals surface area contributed by atoms with E-state index in [1.807, 2.05) is 24.3 Å². The third-order valence-corrected chi connectivity index (χ3v) is 5.26. The second kappa shape index (κ2) is 9.09. The lowest BCUT2D eigenvalue weighted by Crippen LogP contribution is -2.24. The van der Waals surface area contributed by atoms with Gasteiger partial charge in [-0.3, -0.25) is 0 Å². The van der Waals surface area contributed by atoms with Gasteiger partial charge < -0.3 is 14.4 Å². The molecular weight excluding hydrogens is 406 g/mol.